The molecule has 5 rings (SSSR count). The monoisotopic (exact) mass is 614 g/mol. The van der Waals surface area contributed by atoms with Gasteiger partial charge in [0, 0.05) is 49.9 Å². The van der Waals surface area contributed by atoms with Crippen molar-refractivity contribution in [2.24, 2.45) is 41.4 Å². The number of methoxy groups -OCH3 is 1. The topological polar surface area (TPSA) is 173 Å². The van der Waals surface area contributed by atoms with E-state index in [1.54, 1.807) is 31.3 Å². The Hall–Kier alpha value is -3.48. The van der Waals surface area contributed by atoms with E-state index < -0.39 is 77.7 Å². The Morgan fingerprint density at radius 3 is 2.57 bits per heavy atom. The number of rotatable bonds is 5. The fourth-order valence-corrected chi connectivity index (χ4v) is 8.13. The Labute approximate surface area is 256 Å². The van der Waals surface area contributed by atoms with Crippen LogP contribution in [0.5, 0.6) is 0 Å². The van der Waals surface area contributed by atoms with Gasteiger partial charge in [-0.15, -0.1) is 0 Å². The molecule has 1 aliphatic heterocycles. The van der Waals surface area contributed by atoms with Gasteiger partial charge < -0.3 is 39.5 Å². The molecule has 3 unspecified atom stereocenters. The van der Waals surface area contributed by atoms with Crippen LogP contribution >= 0.6 is 0 Å². The standard InChI is InChI=1S/C32H42N2O10/c1-14-12-15(2)32(40)18(13-21(41-6)30(38)43-26(14)17(4)42-31(39)28(36)33-5)9-10-19-22-23(24(19)32)25(35)16(3)27(22)44-29(37)20-8-7-11-34-20/h7-12,14,16-19,21-27,34-35,40H,13H2,1-6H3,(H,33,36)/b15-12+/t14-,16-,17-,18-,19?,21+,22+,23?,24?,25-,26+,27-,32+/m1/s1. The summed E-state index contributed by atoms with van der Waals surface area (Å²) in [4.78, 5) is 53.1. The summed E-state index contributed by atoms with van der Waals surface area (Å²) in [5, 5.41) is 26.4. The number of hydrogen-bond donors (Lipinski definition) is 4. The van der Waals surface area contributed by atoms with Crippen LogP contribution in [-0.2, 0) is 33.3 Å². The molecule has 0 bridgehead atoms. The summed E-state index contributed by atoms with van der Waals surface area (Å²) in [6.07, 6.45) is 3.03. The Morgan fingerprint density at radius 2 is 1.93 bits per heavy atom. The molecule has 2 heterocycles. The summed E-state index contributed by atoms with van der Waals surface area (Å²) in [5.74, 6) is -5.88. The first-order valence-corrected chi connectivity index (χ1v) is 15.1. The molecule has 240 valence electrons. The lowest BCUT2D eigenvalue weighted by Crippen LogP contribution is -2.65. The van der Waals surface area contributed by atoms with Crippen LogP contribution in [0, 0.1) is 41.4 Å². The zero-order valence-corrected chi connectivity index (χ0v) is 25.8. The summed E-state index contributed by atoms with van der Waals surface area (Å²) < 4.78 is 22.6. The van der Waals surface area contributed by atoms with Crippen molar-refractivity contribution in [1.29, 1.82) is 0 Å². The number of nitrogens with one attached hydrogen (secondary N) is 2. The maximum atomic E-state index is 13.4. The van der Waals surface area contributed by atoms with Gasteiger partial charge in [-0.2, -0.15) is 0 Å². The fourth-order valence-electron chi connectivity index (χ4n) is 8.13. The van der Waals surface area contributed by atoms with Crippen molar-refractivity contribution in [3.63, 3.8) is 0 Å². The van der Waals surface area contributed by atoms with E-state index in [1.165, 1.54) is 21.1 Å². The Balaban J connectivity index is 1.48. The lowest BCUT2D eigenvalue weighted by Gasteiger charge is -2.61. The number of fused-ring (bicyclic) bond motifs is 6. The number of likely N-dealkylation sites (N-methyl/N-ethyl adjacent to an activating group) is 1. The molecule has 1 amide bonds. The number of allylic oxidation sites excluding steroid dienone is 1. The SMILES string of the molecule is CNC(=O)C(=O)O[C@H](C)[C@H]1OC(=O)[C@@H](OC)C[C@H]2C=CC3C(C4[C@H]3[C@H](OC(=O)c3ccc[nH]3)[C@H](C)[C@H]4O)[C@]2(O)/C(C)=C/[C@H]1C. The van der Waals surface area contributed by atoms with Gasteiger partial charge in [-0.1, -0.05) is 32.1 Å². The number of ether oxygens (including phenoxy) is 4. The highest BCUT2D eigenvalue weighted by molar-refractivity contribution is 6.32. The van der Waals surface area contributed by atoms with E-state index in [9.17, 15) is 29.4 Å². The van der Waals surface area contributed by atoms with Crippen LogP contribution in [0.25, 0.3) is 0 Å². The molecule has 2 fully saturated rings. The molecular weight excluding hydrogens is 572 g/mol. The van der Waals surface area contributed by atoms with Gasteiger partial charge in [-0.3, -0.25) is 4.79 Å². The summed E-state index contributed by atoms with van der Waals surface area (Å²) in [6, 6.07) is 3.34. The van der Waals surface area contributed by atoms with Crippen LogP contribution in [0.15, 0.2) is 42.1 Å². The number of aromatic nitrogens is 1. The van der Waals surface area contributed by atoms with Crippen molar-refractivity contribution >= 4 is 23.8 Å². The second-order valence-corrected chi connectivity index (χ2v) is 12.6. The second kappa shape index (κ2) is 12.1. The fraction of sp³-hybridized carbons (Fsp3) is 0.625. The van der Waals surface area contributed by atoms with E-state index in [2.05, 4.69) is 10.3 Å². The minimum Gasteiger partial charge on any atom is -0.457 e. The van der Waals surface area contributed by atoms with E-state index in [1.807, 2.05) is 26.0 Å². The van der Waals surface area contributed by atoms with E-state index in [4.69, 9.17) is 18.9 Å². The first-order valence-electron chi connectivity index (χ1n) is 15.1. The number of H-pyrrole nitrogens is 1. The summed E-state index contributed by atoms with van der Waals surface area (Å²) in [5.41, 5.74) is -0.539. The molecule has 0 aromatic carbocycles. The van der Waals surface area contributed by atoms with Crippen molar-refractivity contribution in [3.8, 4) is 0 Å². The van der Waals surface area contributed by atoms with Crippen molar-refractivity contribution < 1.29 is 48.3 Å². The molecule has 12 heteroatoms. The molecular formula is C32H42N2O10. The highest BCUT2D eigenvalue weighted by atomic mass is 16.6. The van der Waals surface area contributed by atoms with Crippen LogP contribution in [-0.4, -0.2) is 89.3 Å². The van der Waals surface area contributed by atoms with Crippen LogP contribution in [0.2, 0.25) is 0 Å². The molecule has 1 aromatic rings. The van der Waals surface area contributed by atoms with Crippen molar-refractivity contribution in [2.45, 2.75) is 70.2 Å². The number of carbonyl (C=O) groups excluding carboxylic acids is 4. The first-order chi connectivity index (χ1) is 20.8. The van der Waals surface area contributed by atoms with Gasteiger partial charge in [0.1, 0.15) is 24.0 Å². The average Bonchev–Trinajstić information content (AvgIpc) is 3.59. The number of carbonyl (C=O) groups is 4. The third-order valence-electron chi connectivity index (χ3n) is 10.3. The van der Waals surface area contributed by atoms with Crippen molar-refractivity contribution in [2.75, 3.05) is 14.2 Å². The average molecular weight is 615 g/mol. The zero-order chi connectivity index (χ0) is 32.1. The van der Waals surface area contributed by atoms with E-state index in [-0.39, 0.29) is 30.1 Å². The number of amides is 1. The predicted octanol–water partition coefficient (Wildman–Crippen LogP) is 1.54. The van der Waals surface area contributed by atoms with E-state index in [0.29, 0.717) is 11.3 Å². The lowest BCUT2D eigenvalue weighted by molar-refractivity contribution is -0.189. The minimum absolute atomic E-state index is 0.0958. The quantitative estimate of drug-likeness (QED) is 0.165. The molecule has 44 heavy (non-hydrogen) atoms. The molecule has 3 aliphatic carbocycles. The molecule has 0 saturated heterocycles. The van der Waals surface area contributed by atoms with Gasteiger partial charge >= 0.3 is 23.8 Å². The van der Waals surface area contributed by atoms with Gasteiger partial charge in [-0.05, 0) is 49.8 Å². The van der Waals surface area contributed by atoms with E-state index in [0.717, 1.165) is 0 Å². The largest absolute Gasteiger partial charge is 0.457 e. The van der Waals surface area contributed by atoms with Gasteiger partial charge in [-0.25, -0.2) is 14.4 Å². The number of cyclic esters (lactones) is 1. The lowest BCUT2D eigenvalue weighted by atomic mass is 9.46. The van der Waals surface area contributed by atoms with Gasteiger partial charge in [0.2, 0.25) is 0 Å². The van der Waals surface area contributed by atoms with Crippen LogP contribution in [0.4, 0.5) is 0 Å². The third kappa shape index (κ3) is 5.16. The van der Waals surface area contributed by atoms with Gasteiger partial charge in [0.05, 0.1) is 11.7 Å². The second-order valence-electron chi connectivity index (χ2n) is 12.6. The van der Waals surface area contributed by atoms with Crippen molar-refractivity contribution in [3.05, 3.63) is 47.8 Å². The highest BCUT2D eigenvalue weighted by Crippen LogP contribution is 2.66. The normalized spacial score (nSPS) is 41.3. The highest BCUT2D eigenvalue weighted by Gasteiger charge is 2.71. The number of aliphatic hydroxyl groups excluding tert-OH is 1. The summed E-state index contributed by atoms with van der Waals surface area (Å²) >= 11 is 0. The van der Waals surface area contributed by atoms with E-state index >= 15 is 0 Å². The summed E-state index contributed by atoms with van der Waals surface area (Å²) in [6.45, 7) is 6.97. The molecule has 4 aliphatic rings. The predicted molar refractivity (Wildman–Crippen MR) is 155 cm³/mol. The van der Waals surface area contributed by atoms with Crippen LogP contribution in [0.3, 0.4) is 0 Å². The first kappa shape index (κ1) is 31.9. The minimum atomic E-state index is -1.48. The third-order valence-corrected chi connectivity index (χ3v) is 10.3. The molecule has 0 radical (unpaired) electrons. The summed E-state index contributed by atoms with van der Waals surface area (Å²) in [7, 11) is 2.69. The molecule has 12 nitrogen and oxygen atoms in total. The van der Waals surface area contributed by atoms with Crippen molar-refractivity contribution in [1.82, 2.24) is 10.3 Å². The molecule has 2 saturated carbocycles. The van der Waals surface area contributed by atoms with Gasteiger partial charge in [0.15, 0.2) is 6.10 Å². The van der Waals surface area contributed by atoms with Crippen LogP contribution < -0.4 is 5.32 Å². The molecule has 13 atom stereocenters. The zero-order valence-electron chi connectivity index (χ0n) is 25.8. The Bertz CT molecular complexity index is 1340. The number of aromatic amines is 1. The number of hydrogen-bond acceptors (Lipinski definition) is 10. The van der Waals surface area contributed by atoms with Crippen LogP contribution in [0.1, 0.15) is 44.6 Å². The maximum Gasteiger partial charge on any atom is 0.397 e. The number of aliphatic hydroxyl groups is 2. The van der Waals surface area contributed by atoms with Gasteiger partial charge in [0.25, 0.3) is 0 Å². The molecule has 0 spiro atoms. The Kier molecular flexibility index (Phi) is 8.80. The maximum absolute atomic E-state index is 13.4. The molecule has 1 aromatic heterocycles. The number of esters is 3. The smallest absolute Gasteiger partial charge is 0.397 e. The molecule has 4 N–H and O–H groups in total. The Morgan fingerprint density at radius 1 is 1.20 bits per heavy atom.